The maximum Gasteiger partial charge on any atom is 0.326 e. The van der Waals surface area contributed by atoms with E-state index in [2.05, 4.69) is 5.32 Å². The highest BCUT2D eigenvalue weighted by molar-refractivity contribution is 5.82. The van der Waals surface area contributed by atoms with Crippen molar-refractivity contribution in [1.29, 1.82) is 0 Å². The SMILES string of the molecule is COCCC(NC(=O)N(CCO)C1CCCCC1)C(=O)O. The lowest BCUT2D eigenvalue weighted by atomic mass is 9.94. The molecular formula is C14H26N2O5. The van der Waals surface area contributed by atoms with E-state index in [-0.39, 0.29) is 32.2 Å². The van der Waals surface area contributed by atoms with Crippen LogP contribution < -0.4 is 5.32 Å². The summed E-state index contributed by atoms with van der Waals surface area (Å²) in [5, 5.41) is 20.8. The van der Waals surface area contributed by atoms with Gasteiger partial charge in [0.2, 0.25) is 0 Å². The van der Waals surface area contributed by atoms with Crippen LogP contribution in [0.2, 0.25) is 0 Å². The molecule has 1 rings (SSSR count). The summed E-state index contributed by atoms with van der Waals surface area (Å²) in [5.74, 6) is -1.08. The quantitative estimate of drug-likeness (QED) is 0.616. The number of methoxy groups -OCH3 is 1. The minimum atomic E-state index is -1.08. The van der Waals surface area contributed by atoms with Crippen LogP contribution in [0.3, 0.4) is 0 Å². The summed E-state index contributed by atoms with van der Waals surface area (Å²) in [6.07, 6.45) is 5.32. The number of hydrogen-bond donors (Lipinski definition) is 3. The second kappa shape index (κ2) is 9.57. The third kappa shape index (κ3) is 5.89. The summed E-state index contributed by atoms with van der Waals surface area (Å²) in [5.41, 5.74) is 0. The van der Waals surface area contributed by atoms with Crippen molar-refractivity contribution in [3.8, 4) is 0 Å². The summed E-state index contributed by atoms with van der Waals surface area (Å²) in [6, 6.07) is -1.30. The zero-order chi connectivity index (χ0) is 15.7. The van der Waals surface area contributed by atoms with Crippen molar-refractivity contribution in [3.05, 3.63) is 0 Å². The molecule has 1 aliphatic carbocycles. The van der Waals surface area contributed by atoms with Gasteiger partial charge in [-0.1, -0.05) is 19.3 Å². The van der Waals surface area contributed by atoms with Gasteiger partial charge in [0.25, 0.3) is 0 Å². The third-order valence-electron chi connectivity index (χ3n) is 3.82. The Kier molecular flexibility index (Phi) is 8.07. The Morgan fingerprint density at radius 1 is 1.33 bits per heavy atom. The number of carbonyl (C=O) groups excluding carboxylic acids is 1. The number of ether oxygens (including phenoxy) is 1. The lowest BCUT2D eigenvalue weighted by molar-refractivity contribution is -0.139. The number of nitrogens with zero attached hydrogens (tertiary/aromatic N) is 1. The highest BCUT2D eigenvalue weighted by Crippen LogP contribution is 2.22. The molecule has 21 heavy (non-hydrogen) atoms. The summed E-state index contributed by atoms with van der Waals surface area (Å²) >= 11 is 0. The van der Waals surface area contributed by atoms with Crippen molar-refractivity contribution < 1.29 is 24.5 Å². The lowest BCUT2D eigenvalue weighted by Crippen LogP contribution is -2.52. The van der Waals surface area contributed by atoms with Gasteiger partial charge in [-0.05, 0) is 12.8 Å². The zero-order valence-corrected chi connectivity index (χ0v) is 12.6. The second-order valence-corrected chi connectivity index (χ2v) is 5.33. The Hall–Kier alpha value is -1.34. The number of carbonyl (C=O) groups is 2. The van der Waals surface area contributed by atoms with Gasteiger partial charge in [-0.3, -0.25) is 0 Å². The van der Waals surface area contributed by atoms with E-state index in [1.807, 2.05) is 0 Å². The van der Waals surface area contributed by atoms with Gasteiger partial charge in [0.15, 0.2) is 0 Å². The first kappa shape index (κ1) is 17.7. The smallest absolute Gasteiger partial charge is 0.326 e. The molecule has 0 aromatic heterocycles. The minimum Gasteiger partial charge on any atom is -0.480 e. The molecule has 3 N–H and O–H groups in total. The topological polar surface area (TPSA) is 99.1 Å². The van der Waals surface area contributed by atoms with Crippen LogP contribution in [0.5, 0.6) is 0 Å². The van der Waals surface area contributed by atoms with Gasteiger partial charge in [-0.25, -0.2) is 9.59 Å². The van der Waals surface area contributed by atoms with Gasteiger partial charge in [0.1, 0.15) is 6.04 Å². The van der Waals surface area contributed by atoms with Crippen molar-refractivity contribution in [2.45, 2.75) is 50.6 Å². The zero-order valence-electron chi connectivity index (χ0n) is 12.6. The molecule has 0 aromatic carbocycles. The van der Waals surface area contributed by atoms with Crippen LogP contribution in [0.1, 0.15) is 38.5 Å². The van der Waals surface area contributed by atoms with Gasteiger partial charge >= 0.3 is 12.0 Å². The van der Waals surface area contributed by atoms with Crippen molar-refractivity contribution in [2.75, 3.05) is 26.9 Å². The molecule has 2 amide bonds. The molecule has 0 saturated heterocycles. The molecule has 1 saturated carbocycles. The second-order valence-electron chi connectivity index (χ2n) is 5.33. The molecule has 7 nitrogen and oxygen atoms in total. The molecule has 0 aliphatic heterocycles. The van der Waals surface area contributed by atoms with Crippen molar-refractivity contribution in [3.63, 3.8) is 0 Å². The number of aliphatic hydroxyl groups excluding tert-OH is 1. The average Bonchev–Trinajstić information content (AvgIpc) is 2.49. The molecule has 1 fully saturated rings. The maximum atomic E-state index is 12.3. The van der Waals surface area contributed by atoms with Crippen molar-refractivity contribution in [2.24, 2.45) is 0 Å². The van der Waals surface area contributed by atoms with Crippen molar-refractivity contribution >= 4 is 12.0 Å². The predicted molar refractivity (Wildman–Crippen MR) is 77.1 cm³/mol. The van der Waals surface area contributed by atoms with Gasteiger partial charge < -0.3 is 25.2 Å². The van der Waals surface area contributed by atoms with Crippen molar-refractivity contribution in [1.82, 2.24) is 10.2 Å². The Labute approximate surface area is 125 Å². The molecule has 1 unspecified atom stereocenters. The van der Waals surface area contributed by atoms with Crippen LogP contribution >= 0.6 is 0 Å². The predicted octanol–water partition coefficient (Wildman–Crippen LogP) is 0.813. The van der Waals surface area contributed by atoms with E-state index in [4.69, 9.17) is 14.9 Å². The fourth-order valence-electron chi connectivity index (χ4n) is 2.68. The number of carboxylic acid groups (broad SMARTS) is 1. The number of aliphatic carboxylic acids is 1. The number of amides is 2. The van der Waals surface area contributed by atoms with Gasteiger partial charge in [0.05, 0.1) is 6.61 Å². The van der Waals surface area contributed by atoms with E-state index >= 15 is 0 Å². The van der Waals surface area contributed by atoms with Crippen LogP contribution in [-0.2, 0) is 9.53 Å². The van der Waals surface area contributed by atoms with Gasteiger partial charge in [-0.2, -0.15) is 0 Å². The highest BCUT2D eigenvalue weighted by atomic mass is 16.5. The third-order valence-corrected chi connectivity index (χ3v) is 3.82. The van der Waals surface area contributed by atoms with Crippen LogP contribution in [0.25, 0.3) is 0 Å². The van der Waals surface area contributed by atoms with Crippen LogP contribution in [-0.4, -0.2) is 66.1 Å². The largest absolute Gasteiger partial charge is 0.480 e. The highest BCUT2D eigenvalue weighted by Gasteiger charge is 2.28. The molecular weight excluding hydrogens is 276 g/mol. The number of nitrogens with one attached hydrogen (secondary N) is 1. The van der Waals surface area contributed by atoms with Crippen LogP contribution in [0.15, 0.2) is 0 Å². The maximum absolute atomic E-state index is 12.3. The molecule has 7 heteroatoms. The van der Waals surface area contributed by atoms with E-state index in [9.17, 15) is 9.59 Å². The Bertz CT molecular complexity index is 331. The van der Waals surface area contributed by atoms with E-state index < -0.39 is 18.0 Å². The van der Waals surface area contributed by atoms with Gasteiger partial charge in [-0.15, -0.1) is 0 Å². The molecule has 1 aliphatic rings. The number of urea groups is 1. The summed E-state index contributed by atoms with van der Waals surface area (Å²) in [6.45, 7) is 0.369. The van der Waals surface area contributed by atoms with E-state index in [0.717, 1.165) is 32.1 Å². The van der Waals surface area contributed by atoms with Crippen LogP contribution in [0.4, 0.5) is 4.79 Å². The first-order valence-corrected chi connectivity index (χ1v) is 7.50. The molecule has 0 radical (unpaired) electrons. The first-order chi connectivity index (χ1) is 10.1. The summed E-state index contributed by atoms with van der Waals surface area (Å²) in [7, 11) is 1.49. The fraction of sp³-hybridized carbons (Fsp3) is 0.857. The number of carboxylic acids is 1. The molecule has 1 atom stereocenters. The summed E-state index contributed by atoms with van der Waals surface area (Å²) in [4.78, 5) is 25.0. The minimum absolute atomic E-state index is 0.0859. The summed E-state index contributed by atoms with van der Waals surface area (Å²) < 4.78 is 4.86. The lowest BCUT2D eigenvalue weighted by Gasteiger charge is -2.34. The van der Waals surface area contributed by atoms with E-state index in [1.54, 1.807) is 4.90 Å². The number of aliphatic hydroxyl groups is 1. The Morgan fingerprint density at radius 2 is 2.00 bits per heavy atom. The Morgan fingerprint density at radius 3 is 2.52 bits per heavy atom. The van der Waals surface area contributed by atoms with E-state index in [1.165, 1.54) is 7.11 Å². The van der Waals surface area contributed by atoms with Crippen LogP contribution in [0, 0.1) is 0 Å². The molecule has 0 spiro atoms. The molecule has 122 valence electrons. The average molecular weight is 302 g/mol. The van der Waals surface area contributed by atoms with E-state index in [0.29, 0.717) is 0 Å². The Balaban J connectivity index is 2.63. The standard InChI is InChI=1S/C14H26N2O5/c1-21-10-7-12(13(18)19)15-14(20)16(8-9-17)11-5-3-2-4-6-11/h11-12,17H,2-10H2,1H3,(H,15,20)(H,18,19). The number of hydrogen-bond acceptors (Lipinski definition) is 4. The number of rotatable bonds is 8. The fourth-order valence-corrected chi connectivity index (χ4v) is 2.68. The molecule has 0 aromatic rings. The monoisotopic (exact) mass is 302 g/mol. The first-order valence-electron chi connectivity index (χ1n) is 7.50. The van der Waals surface area contributed by atoms with Gasteiger partial charge in [0, 0.05) is 32.7 Å². The normalized spacial score (nSPS) is 17.2. The molecule has 0 bridgehead atoms. The molecule has 0 heterocycles.